The standard InChI is InChI=1S/C14H20ClNS/c15-13-9-5-4-8-12(13)14(10-16)17-11-6-2-1-3-7-11/h4-5,8-9,11,14H,1-3,6-7,10,16H2. The molecule has 1 atom stereocenters. The Kier molecular flexibility index (Phi) is 5.20. The van der Waals surface area contributed by atoms with Crippen LogP contribution in [0.25, 0.3) is 0 Å². The molecule has 2 rings (SSSR count). The molecule has 3 heteroatoms. The van der Waals surface area contributed by atoms with Gasteiger partial charge < -0.3 is 5.73 Å². The molecule has 1 aromatic rings. The minimum absolute atomic E-state index is 0.354. The third-order valence-electron chi connectivity index (χ3n) is 3.38. The molecule has 0 bridgehead atoms. The number of benzene rings is 1. The Morgan fingerprint density at radius 2 is 1.94 bits per heavy atom. The van der Waals surface area contributed by atoms with Crippen molar-refractivity contribution >= 4 is 23.4 Å². The Morgan fingerprint density at radius 1 is 1.24 bits per heavy atom. The van der Waals surface area contributed by atoms with E-state index in [-0.39, 0.29) is 0 Å². The predicted molar refractivity (Wildman–Crippen MR) is 77.7 cm³/mol. The van der Waals surface area contributed by atoms with Crippen molar-refractivity contribution in [3.8, 4) is 0 Å². The van der Waals surface area contributed by atoms with E-state index >= 15 is 0 Å². The van der Waals surface area contributed by atoms with Crippen LogP contribution in [0.1, 0.15) is 42.9 Å². The molecular weight excluding hydrogens is 250 g/mol. The SMILES string of the molecule is NCC(SC1CCCCC1)c1ccccc1Cl. The van der Waals surface area contributed by atoms with Crippen LogP contribution in [0.3, 0.4) is 0 Å². The topological polar surface area (TPSA) is 26.0 Å². The number of hydrogen-bond donors (Lipinski definition) is 1. The highest BCUT2D eigenvalue weighted by molar-refractivity contribution is 8.00. The summed E-state index contributed by atoms with van der Waals surface area (Å²) in [5.41, 5.74) is 7.11. The van der Waals surface area contributed by atoms with Crippen molar-refractivity contribution in [1.82, 2.24) is 0 Å². The number of hydrogen-bond acceptors (Lipinski definition) is 2. The molecule has 0 spiro atoms. The molecule has 1 nitrogen and oxygen atoms in total. The van der Waals surface area contributed by atoms with Crippen molar-refractivity contribution in [3.05, 3.63) is 34.9 Å². The summed E-state index contributed by atoms with van der Waals surface area (Å²) in [5, 5.41) is 1.98. The molecule has 2 N–H and O–H groups in total. The van der Waals surface area contributed by atoms with Crippen LogP contribution in [0, 0.1) is 0 Å². The molecule has 0 heterocycles. The van der Waals surface area contributed by atoms with Crippen LogP contribution in [0.15, 0.2) is 24.3 Å². The van der Waals surface area contributed by atoms with Crippen LogP contribution in [-0.2, 0) is 0 Å². The van der Waals surface area contributed by atoms with Gasteiger partial charge in [0.15, 0.2) is 0 Å². The van der Waals surface area contributed by atoms with Gasteiger partial charge in [-0.25, -0.2) is 0 Å². The van der Waals surface area contributed by atoms with Crippen molar-refractivity contribution in [2.75, 3.05) is 6.54 Å². The summed E-state index contributed by atoms with van der Waals surface area (Å²) in [6.45, 7) is 0.672. The van der Waals surface area contributed by atoms with E-state index in [4.69, 9.17) is 17.3 Å². The zero-order valence-electron chi connectivity index (χ0n) is 10.1. The Labute approximate surface area is 113 Å². The van der Waals surface area contributed by atoms with Gasteiger partial charge in [-0.2, -0.15) is 0 Å². The summed E-state index contributed by atoms with van der Waals surface area (Å²) in [6.07, 6.45) is 6.82. The van der Waals surface area contributed by atoms with Gasteiger partial charge in [0.25, 0.3) is 0 Å². The van der Waals surface area contributed by atoms with Gasteiger partial charge >= 0.3 is 0 Å². The van der Waals surface area contributed by atoms with E-state index in [0.29, 0.717) is 11.8 Å². The minimum Gasteiger partial charge on any atom is -0.329 e. The maximum atomic E-state index is 6.25. The van der Waals surface area contributed by atoms with Gasteiger partial charge in [0, 0.05) is 22.1 Å². The van der Waals surface area contributed by atoms with Crippen molar-refractivity contribution in [1.29, 1.82) is 0 Å². The fourth-order valence-electron chi connectivity index (χ4n) is 2.43. The lowest BCUT2D eigenvalue weighted by Crippen LogP contribution is -2.16. The molecule has 0 saturated heterocycles. The fourth-order valence-corrected chi connectivity index (χ4v) is 4.29. The first-order valence-corrected chi connectivity index (χ1v) is 7.73. The molecule has 1 aliphatic carbocycles. The lowest BCUT2D eigenvalue weighted by molar-refractivity contribution is 0.515. The zero-order chi connectivity index (χ0) is 12.1. The normalized spacial score (nSPS) is 19.2. The van der Waals surface area contributed by atoms with Gasteiger partial charge in [-0.1, -0.05) is 49.1 Å². The van der Waals surface area contributed by atoms with Crippen molar-refractivity contribution < 1.29 is 0 Å². The number of halogens is 1. The zero-order valence-corrected chi connectivity index (χ0v) is 11.6. The first-order valence-electron chi connectivity index (χ1n) is 6.41. The highest BCUT2D eigenvalue weighted by Gasteiger charge is 2.21. The van der Waals surface area contributed by atoms with Gasteiger partial charge in [0.2, 0.25) is 0 Å². The van der Waals surface area contributed by atoms with Gasteiger partial charge in [0.05, 0.1) is 0 Å². The van der Waals surface area contributed by atoms with E-state index in [0.717, 1.165) is 10.3 Å². The van der Waals surface area contributed by atoms with Crippen molar-refractivity contribution in [3.63, 3.8) is 0 Å². The van der Waals surface area contributed by atoms with Crippen LogP contribution in [0.2, 0.25) is 5.02 Å². The summed E-state index contributed by atoms with van der Waals surface area (Å²) >= 11 is 8.27. The summed E-state index contributed by atoms with van der Waals surface area (Å²) in [4.78, 5) is 0. The Balaban J connectivity index is 2.03. The van der Waals surface area contributed by atoms with E-state index in [9.17, 15) is 0 Å². The molecule has 94 valence electrons. The van der Waals surface area contributed by atoms with Gasteiger partial charge in [-0.15, -0.1) is 11.8 Å². The van der Waals surface area contributed by atoms with Gasteiger partial charge in [-0.3, -0.25) is 0 Å². The average Bonchev–Trinajstić information content (AvgIpc) is 2.38. The Bertz CT molecular complexity index is 350. The second-order valence-corrected chi connectivity index (χ2v) is 6.56. The van der Waals surface area contributed by atoms with Crippen LogP contribution in [-0.4, -0.2) is 11.8 Å². The predicted octanol–water partition coefficient (Wildman–Crippen LogP) is 4.41. The summed E-state index contributed by atoms with van der Waals surface area (Å²) in [7, 11) is 0. The van der Waals surface area contributed by atoms with E-state index in [1.165, 1.54) is 37.7 Å². The van der Waals surface area contributed by atoms with Crippen molar-refractivity contribution in [2.45, 2.75) is 42.6 Å². The smallest absolute Gasteiger partial charge is 0.0449 e. The first kappa shape index (κ1) is 13.3. The second kappa shape index (κ2) is 6.67. The summed E-state index contributed by atoms with van der Waals surface area (Å²) in [6, 6.07) is 8.09. The van der Waals surface area contributed by atoms with Crippen LogP contribution >= 0.6 is 23.4 Å². The van der Waals surface area contributed by atoms with Gasteiger partial charge in [0.1, 0.15) is 0 Å². The molecule has 1 fully saturated rings. The fraction of sp³-hybridized carbons (Fsp3) is 0.571. The third-order valence-corrected chi connectivity index (χ3v) is 5.35. The molecular formula is C14H20ClNS. The van der Waals surface area contributed by atoms with E-state index in [1.54, 1.807) is 0 Å². The number of nitrogens with two attached hydrogens (primary N) is 1. The minimum atomic E-state index is 0.354. The molecule has 17 heavy (non-hydrogen) atoms. The maximum Gasteiger partial charge on any atom is 0.0449 e. The molecule has 1 aliphatic rings. The largest absolute Gasteiger partial charge is 0.329 e. The molecule has 0 aliphatic heterocycles. The number of thioether (sulfide) groups is 1. The second-order valence-electron chi connectivity index (χ2n) is 4.64. The van der Waals surface area contributed by atoms with Crippen LogP contribution in [0.5, 0.6) is 0 Å². The third kappa shape index (κ3) is 3.64. The highest BCUT2D eigenvalue weighted by Crippen LogP contribution is 2.40. The Hall–Kier alpha value is -0.180. The molecule has 0 radical (unpaired) electrons. The molecule has 0 aromatic heterocycles. The monoisotopic (exact) mass is 269 g/mol. The maximum absolute atomic E-state index is 6.25. The molecule has 0 amide bonds. The number of rotatable bonds is 4. The molecule has 1 unspecified atom stereocenters. The first-order chi connectivity index (χ1) is 8.31. The van der Waals surface area contributed by atoms with Crippen molar-refractivity contribution in [2.24, 2.45) is 5.73 Å². The van der Waals surface area contributed by atoms with E-state index < -0.39 is 0 Å². The van der Waals surface area contributed by atoms with E-state index in [2.05, 4.69) is 6.07 Å². The lowest BCUT2D eigenvalue weighted by atomic mass is 10.0. The Morgan fingerprint density at radius 3 is 2.59 bits per heavy atom. The van der Waals surface area contributed by atoms with E-state index in [1.807, 2.05) is 30.0 Å². The van der Waals surface area contributed by atoms with Crippen LogP contribution < -0.4 is 5.73 Å². The highest BCUT2D eigenvalue weighted by atomic mass is 35.5. The summed E-state index contributed by atoms with van der Waals surface area (Å²) in [5.74, 6) is 0. The molecule has 1 aromatic carbocycles. The average molecular weight is 270 g/mol. The quantitative estimate of drug-likeness (QED) is 0.876. The van der Waals surface area contributed by atoms with Gasteiger partial charge in [-0.05, 0) is 24.5 Å². The lowest BCUT2D eigenvalue weighted by Gasteiger charge is -2.26. The molecule has 1 saturated carbocycles. The van der Waals surface area contributed by atoms with Crippen LogP contribution in [0.4, 0.5) is 0 Å². The summed E-state index contributed by atoms with van der Waals surface area (Å²) < 4.78 is 0.